The number of sulfone groups is 1. The van der Waals surface area contributed by atoms with Gasteiger partial charge in [0.2, 0.25) is 0 Å². The van der Waals surface area contributed by atoms with Crippen molar-refractivity contribution in [1.82, 2.24) is 20.4 Å². The largest absolute Gasteiger partial charge is 0.347 e. The van der Waals surface area contributed by atoms with Crippen LogP contribution in [0.2, 0.25) is 0 Å². The van der Waals surface area contributed by atoms with E-state index in [1.807, 2.05) is 30.3 Å². The predicted octanol–water partition coefficient (Wildman–Crippen LogP) is 2.19. The van der Waals surface area contributed by atoms with Crippen molar-refractivity contribution in [2.45, 2.75) is 31.8 Å². The summed E-state index contributed by atoms with van der Waals surface area (Å²) in [5.74, 6) is -0.282. The third kappa shape index (κ3) is 3.83. The highest BCUT2D eigenvalue weighted by atomic mass is 32.2. The summed E-state index contributed by atoms with van der Waals surface area (Å²) in [4.78, 5) is 20.1. The van der Waals surface area contributed by atoms with Gasteiger partial charge in [-0.1, -0.05) is 35.5 Å². The van der Waals surface area contributed by atoms with Gasteiger partial charge in [-0.15, -0.1) is 0 Å². The summed E-state index contributed by atoms with van der Waals surface area (Å²) in [5, 5.41) is 7.55. The van der Waals surface area contributed by atoms with E-state index >= 15 is 0 Å². The van der Waals surface area contributed by atoms with Crippen molar-refractivity contribution in [1.29, 1.82) is 0 Å². The number of pyridine rings is 1. The Bertz CT molecular complexity index is 1230. The van der Waals surface area contributed by atoms with Crippen LogP contribution in [-0.2, 0) is 9.84 Å². The van der Waals surface area contributed by atoms with E-state index < -0.39 is 15.9 Å². The second-order valence-electron chi connectivity index (χ2n) is 8.34. The van der Waals surface area contributed by atoms with Crippen molar-refractivity contribution < 1.29 is 17.7 Å². The fourth-order valence-electron chi connectivity index (χ4n) is 4.68. The van der Waals surface area contributed by atoms with Crippen LogP contribution in [0.25, 0.3) is 22.4 Å². The lowest BCUT2D eigenvalue weighted by Crippen LogP contribution is -2.50. The number of fused-ring (bicyclic) bond motifs is 1. The van der Waals surface area contributed by atoms with Gasteiger partial charge in [-0.3, -0.25) is 9.69 Å². The van der Waals surface area contributed by atoms with Crippen LogP contribution in [0.3, 0.4) is 0 Å². The summed E-state index contributed by atoms with van der Waals surface area (Å²) in [7, 11) is -3.20. The molecular formula is C22H24N4O4S. The van der Waals surface area contributed by atoms with Crippen molar-refractivity contribution in [2.75, 3.05) is 24.6 Å². The van der Waals surface area contributed by atoms with Gasteiger partial charge >= 0.3 is 0 Å². The number of benzene rings is 1. The molecule has 5 rings (SSSR count). The first-order valence-electron chi connectivity index (χ1n) is 10.5. The Morgan fingerprint density at radius 3 is 2.65 bits per heavy atom. The van der Waals surface area contributed by atoms with E-state index in [1.165, 1.54) is 0 Å². The maximum Gasteiger partial charge on any atom is 0.259 e. The maximum atomic E-state index is 13.4. The average Bonchev–Trinajstić information content (AvgIpc) is 3.47. The number of aryl methyl sites for hydroxylation is 1. The van der Waals surface area contributed by atoms with Crippen LogP contribution in [0.15, 0.2) is 40.9 Å². The summed E-state index contributed by atoms with van der Waals surface area (Å²) in [5.41, 5.74) is 2.71. The van der Waals surface area contributed by atoms with E-state index in [1.54, 1.807) is 13.0 Å². The van der Waals surface area contributed by atoms with Gasteiger partial charge in [0, 0.05) is 11.6 Å². The summed E-state index contributed by atoms with van der Waals surface area (Å²) < 4.78 is 30.1. The minimum atomic E-state index is -3.20. The molecule has 2 aliphatic rings. The molecule has 0 aliphatic carbocycles. The van der Waals surface area contributed by atoms with E-state index in [0.29, 0.717) is 28.1 Å². The molecule has 2 unspecified atom stereocenters. The molecule has 4 heterocycles. The summed E-state index contributed by atoms with van der Waals surface area (Å²) in [6, 6.07) is 10.6. The first kappa shape index (κ1) is 20.1. The molecule has 1 aromatic carbocycles. The van der Waals surface area contributed by atoms with E-state index in [9.17, 15) is 13.2 Å². The van der Waals surface area contributed by atoms with Crippen LogP contribution in [0.4, 0.5) is 0 Å². The van der Waals surface area contributed by atoms with Gasteiger partial charge in [-0.05, 0) is 38.9 Å². The standard InChI is InChI=1S/C22H24N4O4S/c1-14-20-16(11-17(24-22(20)30-25-14)15-7-3-2-4-8-15)21(27)23-18-12-31(28,29)13-19(18)26-9-5-6-10-26/h2-4,7-8,11,18-19H,5-6,9-10,12-13H2,1H3,(H,23,27). The van der Waals surface area contributed by atoms with E-state index in [2.05, 4.69) is 20.4 Å². The van der Waals surface area contributed by atoms with Crippen LogP contribution in [0.1, 0.15) is 28.9 Å². The van der Waals surface area contributed by atoms with Crippen LogP contribution in [-0.4, -0.2) is 66.0 Å². The minimum absolute atomic E-state index is 0.0394. The summed E-state index contributed by atoms with van der Waals surface area (Å²) in [6.07, 6.45) is 2.12. The first-order valence-corrected chi connectivity index (χ1v) is 12.3. The van der Waals surface area contributed by atoms with Crippen molar-refractivity contribution in [2.24, 2.45) is 0 Å². The van der Waals surface area contributed by atoms with Gasteiger partial charge < -0.3 is 9.84 Å². The topological polar surface area (TPSA) is 105 Å². The molecular weight excluding hydrogens is 416 g/mol. The van der Waals surface area contributed by atoms with Crippen LogP contribution in [0.5, 0.6) is 0 Å². The highest BCUT2D eigenvalue weighted by molar-refractivity contribution is 7.91. The number of likely N-dealkylation sites (tertiary alicyclic amines) is 1. The lowest BCUT2D eigenvalue weighted by molar-refractivity contribution is 0.0920. The molecule has 0 saturated carbocycles. The molecule has 8 nitrogen and oxygen atoms in total. The van der Waals surface area contributed by atoms with Crippen LogP contribution in [0, 0.1) is 6.92 Å². The van der Waals surface area contributed by atoms with Gasteiger partial charge in [-0.25, -0.2) is 13.4 Å². The molecule has 162 valence electrons. The van der Waals surface area contributed by atoms with Crippen LogP contribution < -0.4 is 5.32 Å². The van der Waals surface area contributed by atoms with Crippen LogP contribution >= 0.6 is 0 Å². The zero-order valence-electron chi connectivity index (χ0n) is 17.2. The zero-order valence-corrected chi connectivity index (χ0v) is 18.1. The molecule has 0 radical (unpaired) electrons. The molecule has 1 amide bonds. The van der Waals surface area contributed by atoms with Gasteiger partial charge in [0.1, 0.15) is 0 Å². The Balaban J connectivity index is 1.51. The number of aromatic nitrogens is 2. The molecule has 9 heteroatoms. The Morgan fingerprint density at radius 1 is 1.16 bits per heavy atom. The fraction of sp³-hybridized carbons (Fsp3) is 0.409. The molecule has 2 aliphatic heterocycles. The van der Waals surface area contributed by atoms with Crippen molar-refractivity contribution in [3.05, 3.63) is 47.7 Å². The molecule has 0 spiro atoms. The number of hydrogen-bond acceptors (Lipinski definition) is 7. The molecule has 31 heavy (non-hydrogen) atoms. The van der Waals surface area contributed by atoms with Crippen molar-refractivity contribution >= 4 is 26.8 Å². The van der Waals surface area contributed by atoms with E-state index in [0.717, 1.165) is 31.5 Å². The van der Waals surface area contributed by atoms with E-state index in [-0.39, 0.29) is 23.5 Å². The molecule has 3 aromatic rings. The minimum Gasteiger partial charge on any atom is -0.347 e. The number of carbonyl (C=O) groups is 1. The average molecular weight is 441 g/mol. The maximum absolute atomic E-state index is 13.4. The smallest absolute Gasteiger partial charge is 0.259 e. The quantitative estimate of drug-likeness (QED) is 0.663. The lowest BCUT2D eigenvalue weighted by Gasteiger charge is -2.28. The molecule has 0 bridgehead atoms. The normalized spacial score (nSPS) is 23.4. The van der Waals surface area contributed by atoms with Crippen molar-refractivity contribution in [3.8, 4) is 11.3 Å². The van der Waals surface area contributed by atoms with Gasteiger partial charge in [-0.2, -0.15) is 0 Å². The highest BCUT2D eigenvalue weighted by Gasteiger charge is 2.42. The highest BCUT2D eigenvalue weighted by Crippen LogP contribution is 2.28. The number of nitrogens with zero attached hydrogens (tertiary/aromatic N) is 3. The molecule has 2 fully saturated rings. The number of nitrogens with one attached hydrogen (secondary N) is 1. The number of amides is 1. The zero-order chi connectivity index (χ0) is 21.6. The first-order chi connectivity index (χ1) is 14.9. The molecule has 2 atom stereocenters. The molecule has 1 N–H and O–H groups in total. The Labute approximate surface area is 180 Å². The second kappa shape index (κ2) is 7.72. The number of rotatable bonds is 4. The lowest BCUT2D eigenvalue weighted by atomic mass is 10.0. The SMILES string of the molecule is Cc1noc2nc(-c3ccccc3)cc(C(=O)NC3CS(=O)(=O)CC3N3CCCC3)c12. The predicted molar refractivity (Wildman–Crippen MR) is 116 cm³/mol. The van der Waals surface area contributed by atoms with Gasteiger partial charge in [0.15, 0.2) is 9.84 Å². The summed E-state index contributed by atoms with van der Waals surface area (Å²) in [6.45, 7) is 3.50. The fourth-order valence-corrected chi connectivity index (χ4v) is 6.63. The van der Waals surface area contributed by atoms with Gasteiger partial charge in [0.05, 0.1) is 39.9 Å². The second-order valence-corrected chi connectivity index (χ2v) is 10.5. The van der Waals surface area contributed by atoms with Gasteiger partial charge in [0.25, 0.3) is 11.6 Å². The third-order valence-corrected chi connectivity index (χ3v) is 7.90. The van der Waals surface area contributed by atoms with E-state index in [4.69, 9.17) is 4.52 Å². The Morgan fingerprint density at radius 2 is 1.90 bits per heavy atom. The third-order valence-electron chi connectivity index (χ3n) is 6.18. The summed E-state index contributed by atoms with van der Waals surface area (Å²) >= 11 is 0. The number of hydrogen-bond donors (Lipinski definition) is 1. The Kier molecular flexibility index (Phi) is 5.02. The molecule has 2 saturated heterocycles. The molecule has 2 aromatic heterocycles. The van der Waals surface area contributed by atoms with Crippen molar-refractivity contribution in [3.63, 3.8) is 0 Å². The Hall–Kier alpha value is -2.78. The number of carbonyl (C=O) groups excluding carboxylic acids is 1. The monoisotopic (exact) mass is 440 g/mol.